The van der Waals surface area contributed by atoms with E-state index in [2.05, 4.69) is 15.6 Å². The molecule has 0 atom stereocenters. The summed E-state index contributed by atoms with van der Waals surface area (Å²) in [6, 6.07) is 18.1. The molecule has 1 aromatic heterocycles. The lowest BCUT2D eigenvalue weighted by atomic mass is 10.2. The summed E-state index contributed by atoms with van der Waals surface area (Å²) < 4.78 is 11.1. The van der Waals surface area contributed by atoms with Crippen molar-refractivity contribution in [2.75, 3.05) is 11.9 Å². The minimum atomic E-state index is -0.267. The summed E-state index contributed by atoms with van der Waals surface area (Å²) in [7, 11) is 0. The Morgan fingerprint density at radius 1 is 0.889 bits per heavy atom. The molecule has 0 aliphatic carbocycles. The molecule has 1 heterocycles. The van der Waals surface area contributed by atoms with Gasteiger partial charge in [0.1, 0.15) is 17.2 Å². The van der Waals surface area contributed by atoms with Crippen molar-refractivity contribution in [3.63, 3.8) is 0 Å². The van der Waals surface area contributed by atoms with E-state index >= 15 is 0 Å². The zero-order valence-electron chi connectivity index (χ0n) is 15.0. The number of anilines is 1. The fraction of sp³-hybridized carbons (Fsp3) is 0.143. The average molecular weight is 363 g/mol. The Labute approximate surface area is 158 Å². The van der Waals surface area contributed by atoms with Crippen LogP contribution in [0.25, 0.3) is 0 Å². The highest BCUT2D eigenvalue weighted by Crippen LogP contribution is 2.20. The smallest absolute Gasteiger partial charge is 0.319 e. The Bertz CT molecular complexity index is 850. The van der Waals surface area contributed by atoms with Crippen molar-refractivity contribution in [3.8, 4) is 17.2 Å². The Morgan fingerprint density at radius 2 is 1.52 bits per heavy atom. The van der Waals surface area contributed by atoms with Crippen LogP contribution in [0.15, 0.2) is 73.1 Å². The number of urea groups is 1. The maximum absolute atomic E-state index is 12.0. The topological polar surface area (TPSA) is 72.5 Å². The molecule has 2 aromatic carbocycles. The molecule has 0 fully saturated rings. The van der Waals surface area contributed by atoms with Gasteiger partial charge in [-0.15, -0.1) is 0 Å². The van der Waals surface area contributed by atoms with Crippen LogP contribution in [0.1, 0.15) is 12.5 Å². The van der Waals surface area contributed by atoms with E-state index in [-0.39, 0.29) is 6.03 Å². The summed E-state index contributed by atoms with van der Waals surface area (Å²) in [6.07, 6.45) is 3.35. The summed E-state index contributed by atoms with van der Waals surface area (Å²) in [4.78, 5) is 16.0. The number of amides is 2. The molecule has 2 amide bonds. The van der Waals surface area contributed by atoms with Crippen LogP contribution in [0.2, 0.25) is 0 Å². The van der Waals surface area contributed by atoms with Crippen molar-refractivity contribution in [1.29, 1.82) is 0 Å². The van der Waals surface area contributed by atoms with Crippen LogP contribution in [0.4, 0.5) is 10.5 Å². The Kier molecular flexibility index (Phi) is 6.25. The molecule has 0 saturated carbocycles. The quantitative estimate of drug-likeness (QED) is 0.644. The van der Waals surface area contributed by atoms with Crippen LogP contribution in [-0.2, 0) is 6.54 Å². The molecule has 138 valence electrons. The molecule has 0 radical (unpaired) electrons. The van der Waals surface area contributed by atoms with Gasteiger partial charge in [0.05, 0.1) is 6.61 Å². The van der Waals surface area contributed by atoms with Crippen LogP contribution in [0, 0.1) is 0 Å². The van der Waals surface area contributed by atoms with E-state index in [9.17, 15) is 4.79 Å². The predicted molar refractivity (Wildman–Crippen MR) is 104 cm³/mol. The second-order valence-electron chi connectivity index (χ2n) is 5.69. The number of aromatic nitrogens is 1. The number of hydrogen-bond donors (Lipinski definition) is 2. The van der Waals surface area contributed by atoms with Gasteiger partial charge in [-0.3, -0.25) is 4.98 Å². The lowest BCUT2D eigenvalue weighted by Gasteiger charge is -2.10. The molecular formula is C21H21N3O3. The maximum Gasteiger partial charge on any atom is 0.319 e. The minimum absolute atomic E-state index is 0.267. The number of ether oxygens (including phenoxy) is 2. The van der Waals surface area contributed by atoms with Crippen LogP contribution in [-0.4, -0.2) is 17.6 Å². The number of hydrogen-bond acceptors (Lipinski definition) is 4. The van der Waals surface area contributed by atoms with E-state index < -0.39 is 0 Å². The molecule has 0 aliphatic heterocycles. The van der Waals surface area contributed by atoms with E-state index in [1.54, 1.807) is 36.7 Å². The summed E-state index contributed by atoms with van der Waals surface area (Å²) in [6.45, 7) is 2.95. The van der Waals surface area contributed by atoms with Gasteiger partial charge in [-0.2, -0.15) is 0 Å². The molecule has 0 bridgehead atoms. The number of nitrogens with one attached hydrogen (secondary N) is 2. The lowest BCUT2D eigenvalue weighted by Crippen LogP contribution is -2.28. The van der Waals surface area contributed by atoms with Crippen molar-refractivity contribution in [1.82, 2.24) is 10.3 Å². The SMILES string of the molecule is CCOc1ccc(NC(=O)NCc2ccc(Oc3ccncc3)cc2)cc1. The van der Waals surface area contributed by atoms with Gasteiger partial charge in [-0.1, -0.05) is 12.1 Å². The standard InChI is InChI=1S/C21H21N3O3/c1-2-26-18-9-5-17(6-10-18)24-21(25)23-15-16-3-7-19(8-4-16)27-20-11-13-22-14-12-20/h3-14H,2,15H2,1H3,(H2,23,24,25). The first kappa shape index (κ1) is 18.3. The maximum atomic E-state index is 12.0. The number of nitrogens with zero attached hydrogens (tertiary/aromatic N) is 1. The fourth-order valence-electron chi connectivity index (χ4n) is 2.38. The van der Waals surface area contributed by atoms with E-state index in [1.807, 2.05) is 43.3 Å². The fourth-order valence-corrected chi connectivity index (χ4v) is 2.38. The van der Waals surface area contributed by atoms with E-state index in [0.29, 0.717) is 18.8 Å². The van der Waals surface area contributed by atoms with E-state index in [4.69, 9.17) is 9.47 Å². The highest BCUT2D eigenvalue weighted by molar-refractivity contribution is 5.89. The van der Waals surface area contributed by atoms with Gasteiger partial charge in [-0.05, 0) is 61.0 Å². The Balaban J connectivity index is 1.47. The summed E-state index contributed by atoms with van der Waals surface area (Å²) >= 11 is 0. The summed E-state index contributed by atoms with van der Waals surface area (Å²) in [5.41, 5.74) is 1.68. The van der Waals surface area contributed by atoms with Gasteiger partial charge in [0.25, 0.3) is 0 Å². The number of rotatable bonds is 7. The van der Waals surface area contributed by atoms with Gasteiger partial charge in [0, 0.05) is 24.6 Å². The molecule has 27 heavy (non-hydrogen) atoms. The lowest BCUT2D eigenvalue weighted by molar-refractivity contribution is 0.251. The second-order valence-corrected chi connectivity index (χ2v) is 5.69. The predicted octanol–water partition coefficient (Wildman–Crippen LogP) is 4.59. The van der Waals surface area contributed by atoms with Crippen molar-refractivity contribution in [2.45, 2.75) is 13.5 Å². The van der Waals surface area contributed by atoms with Crippen LogP contribution in [0.3, 0.4) is 0 Å². The molecule has 0 saturated heterocycles. The van der Waals surface area contributed by atoms with Crippen molar-refractivity contribution >= 4 is 11.7 Å². The van der Waals surface area contributed by atoms with Crippen molar-refractivity contribution < 1.29 is 14.3 Å². The first-order valence-electron chi connectivity index (χ1n) is 8.67. The normalized spacial score (nSPS) is 10.1. The van der Waals surface area contributed by atoms with E-state index in [1.165, 1.54) is 0 Å². The minimum Gasteiger partial charge on any atom is -0.494 e. The largest absolute Gasteiger partial charge is 0.494 e. The first-order valence-corrected chi connectivity index (χ1v) is 8.67. The highest BCUT2D eigenvalue weighted by atomic mass is 16.5. The van der Waals surface area contributed by atoms with Gasteiger partial charge in [0.15, 0.2) is 0 Å². The van der Waals surface area contributed by atoms with Crippen LogP contribution in [0.5, 0.6) is 17.2 Å². The molecule has 0 unspecified atom stereocenters. The zero-order valence-corrected chi connectivity index (χ0v) is 15.0. The molecule has 0 aliphatic rings. The van der Waals surface area contributed by atoms with E-state index in [0.717, 1.165) is 22.8 Å². The molecule has 3 rings (SSSR count). The van der Waals surface area contributed by atoms with Gasteiger partial charge >= 0.3 is 6.03 Å². The zero-order chi connectivity index (χ0) is 18.9. The second kappa shape index (κ2) is 9.24. The molecule has 6 heteroatoms. The first-order chi connectivity index (χ1) is 13.2. The number of pyridine rings is 1. The molecule has 0 spiro atoms. The molecule has 6 nitrogen and oxygen atoms in total. The van der Waals surface area contributed by atoms with Crippen LogP contribution < -0.4 is 20.1 Å². The van der Waals surface area contributed by atoms with Gasteiger partial charge < -0.3 is 20.1 Å². The third kappa shape index (κ3) is 5.74. The number of carbonyl (C=O) groups is 1. The van der Waals surface area contributed by atoms with Gasteiger partial charge in [-0.25, -0.2) is 4.79 Å². The highest BCUT2D eigenvalue weighted by Gasteiger charge is 2.03. The molecule has 3 aromatic rings. The summed E-state index contributed by atoms with van der Waals surface area (Å²) in [5, 5.41) is 5.62. The number of carbonyl (C=O) groups excluding carboxylic acids is 1. The van der Waals surface area contributed by atoms with Crippen LogP contribution >= 0.6 is 0 Å². The van der Waals surface area contributed by atoms with Crippen molar-refractivity contribution in [3.05, 3.63) is 78.6 Å². The average Bonchev–Trinajstić information content (AvgIpc) is 2.70. The third-order valence-corrected chi connectivity index (χ3v) is 3.69. The third-order valence-electron chi connectivity index (χ3n) is 3.69. The summed E-state index contributed by atoms with van der Waals surface area (Å²) in [5.74, 6) is 2.23. The Morgan fingerprint density at radius 3 is 2.19 bits per heavy atom. The van der Waals surface area contributed by atoms with Gasteiger partial charge in [0.2, 0.25) is 0 Å². The Hall–Kier alpha value is -3.54. The molecular weight excluding hydrogens is 342 g/mol. The monoisotopic (exact) mass is 363 g/mol. The van der Waals surface area contributed by atoms with Crippen molar-refractivity contribution in [2.24, 2.45) is 0 Å². The number of benzene rings is 2. The molecule has 2 N–H and O–H groups in total.